The molecular formula is C33H43N3O6S. The number of amides is 2. The number of nitrogens with one attached hydrogen (secondary N) is 1. The molecule has 2 amide bonds. The van der Waals surface area contributed by atoms with Crippen molar-refractivity contribution in [2.24, 2.45) is 5.92 Å². The summed E-state index contributed by atoms with van der Waals surface area (Å²) in [5.41, 5.74) is 3.01. The van der Waals surface area contributed by atoms with Crippen LogP contribution >= 0.6 is 0 Å². The Morgan fingerprint density at radius 2 is 1.44 bits per heavy atom. The van der Waals surface area contributed by atoms with E-state index in [0.29, 0.717) is 24.5 Å². The van der Waals surface area contributed by atoms with E-state index in [1.807, 2.05) is 58.9 Å². The summed E-state index contributed by atoms with van der Waals surface area (Å²) in [6.45, 7) is 9.72. The van der Waals surface area contributed by atoms with Gasteiger partial charge >= 0.3 is 0 Å². The Morgan fingerprint density at radius 3 is 1.98 bits per heavy atom. The van der Waals surface area contributed by atoms with Gasteiger partial charge in [-0.1, -0.05) is 68.3 Å². The summed E-state index contributed by atoms with van der Waals surface area (Å²) >= 11 is 0. The van der Waals surface area contributed by atoms with Crippen LogP contribution in [0.15, 0.2) is 71.6 Å². The lowest BCUT2D eigenvalue weighted by Crippen LogP contribution is -2.52. The smallest absolute Gasteiger partial charge is 0.264 e. The predicted molar refractivity (Wildman–Crippen MR) is 169 cm³/mol. The van der Waals surface area contributed by atoms with Crippen molar-refractivity contribution < 1.29 is 27.5 Å². The molecular weight excluding hydrogens is 566 g/mol. The van der Waals surface area contributed by atoms with Crippen molar-refractivity contribution in [3.05, 3.63) is 83.4 Å². The number of nitrogens with zero attached hydrogens (tertiary/aromatic N) is 2. The van der Waals surface area contributed by atoms with Crippen molar-refractivity contribution in [1.29, 1.82) is 0 Å². The molecule has 0 saturated heterocycles. The van der Waals surface area contributed by atoms with Gasteiger partial charge in [-0.25, -0.2) is 8.42 Å². The lowest BCUT2D eigenvalue weighted by Gasteiger charge is -2.33. The van der Waals surface area contributed by atoms with E-state index in [4.69, 9.17) is 9.47 Å². The largest absolute Gasteiger partial charge is 0.493 e. The molecule has 10 heteroatoms. The Morgan fingerprint density at radius 1 is 0.860 bits per heavy atom. The fourth-order valence-corrected chi connectivity index (χ4v) is 5.98. The first-order valence-electron chi connectivity index (χ1n) is 14.3. The minimum Gasteiger partial charge on any atom is -0.493 e. The van der Waals surface area contributed by atoms with Crippen LogP contribution < -0.4 is 19.1 Å². The zero-order chi connectivity index (χ0) is 31.7. The van der Waals surface area contributed by atoms with E-state index in [9.17, 15) is 18.0 Å². The molecule has 0 unspecified atom stereocenters. The van der Waals surface area contributed by atoms with Crippen LogP contribution in [0, 0.1) is 19.8 Å². The fraction of sp³-hybridized carbons (Fsp3) is 0.394. The SMILES string of the molecule is CC[C@H](C(=O)NCC(C)C)N(Cc1ccc(C)cc1)C(=O)CN(c1ccc(OC)c(OC)c1)S(=O)(=O)c1ccc(C)cc1. The molecule has 3 aromatic rings. The van der Waals surface area contributed by atoms with Gasteiger partial charge < -0.3 is 19.7 Å². The number of carbonyl (C=O) groups is 2. The molecule has 3 aromatic carbocycles. The molecule has 0 heterocycles. The van der Waals surface area contributed by atoms with E-state index in [1.54, 1.807) is 24.3 Å². The van der Waals surface area contributed by atoms with Crippen LogP contribution in [-0.2, 0) is 26.2 Å². The number of hydrogen-bond acceptors (Lipinski definition) is 6. The van der Waals surface area contributed by atoms with Gasteiger partial charge in [0, 0.05) is 19.2 Å². The van der Waals surface area contributed by atoms with Gasteiger partial charge in [-0.3, -0.25) is 13.9 Å². The van der Waals surface area contributed by atoms with Crippen LogP contribution in [0.1, 0.15) is 43.9 Å². The molecule has 0 bridgehead atoms. The lowest BCUT2D eigenvalue weighted by molar-refractivity contribution is -0.140. The molecule has 232 valence electrons. The monoisotopic (exact) mass is 609 g/mol. The minimum absolute atomic E-state index is 0.0347. The van der Waals surface area contributed by atoms with Crippen LogP contribution in [0.2, 0.25) is 0 Å². The molecule has 1 atom stereocenters. The van der Waals surface area contributed by atoms with Crippen LogP contribution in [0.3, 0.4) is 0 Å². The second kappa shape index (κ2) is 14.9. The Kier molecular flexibility index (Phi) is 11.6. The number of methoxy groups -OCH3 is 2. The third-order valence-electron chi connectivity index (χ3n) is 7.09. The number of hydrogen-bond donors (Lipinski definition) is 1. The maximum atomic E-state index is 14.2. The summed E-state index contributed by atoms with van der Waals surface area (Å²) in [6, 6.07) is 18.0. The maximum Gasteiger partial charge on any atom is 0.264 e. The Balaban J connectivity index is 2.10. The molecule has 43 heavy (non-hydrogen) atoms. The summed E-state index contributed by atoms with van der Waals surface area (Å²) in [7, 11) is -1.27. The molecule has 0 aliphatic rings. The zero-order valence-corrected chi connectivity index (χ0v) is 26.9. The standard InChI is InChI=1S/C33H43N3O6S/c1-8-29(33(38)34-20-23(2)3)35(21-26-13-9-24(4)10-14-26)32(37)22-36(27-15-18-30(41-6)31(19-27)42-7)43(39,40)28-16-11-25(5)12-17-28/h9-19,23,29H,8,20-22H2,1-7H3,(H,34,38)/t29-/m1/s1. The number of rotatable bonds is 14. The molecule has 0 spiro atoms. The topological polar surface area (TPSA) is 105 Å². The Hall–Kier alpha value is -4.05. The first kappa shape index (κ1) is 33.5. The molecule has 0 radical (unpaired) electrons. The van der Waals surface area contributed by atoms with Gasteiger partial charge in [-0.15, -0.1) is 0 Å². The van der Waals surface area contributed by atoms with Crippen molar-refractivity contribution in [2.75, 3.05) is 31.6 Å². The highest BCUT2D eigenvalue weighted by atomic mass is 32.2. The van der Waals surface area contributed by atoms with E-state index >= 15 is 0 Å². The number of aryl methyl sites for hydroxylation is 2. The Bertz CT molecular complexity index is 1490. The third kappa shape index (κ3) is 8.50. The number of ether oxygens (including phenoxy) is 2. The van der Waals surface area contributed by atoms with E-state index in [0.717, 1.165) is 21.0 Å². The number of sulfonamides is 1. The molecule has 9 nitrogen and oxygen atoms in total. The molecule has 0 aromatic heterocycles. The lowest BCUT2D eigenvalue weighted by atomic mass is 10.1. The molecule has 0 saturated carbocycles. The predicted octanol–water partition coefficient (Wildman–Crippen LogP) is 5.10. The van der Waals surface area contributed by atoms with Crippen LogP contribution in [0.5, 0.6) is 11.5 Å². The van der Waals surface area contributed by atoms with Crippen LogP contribution in [-0.4, -0.2) is 58.5 Å². The van der Waals surface area contributed by atoms with Gasteiger partial charge in [0.15, 0.2) is 11.5 Å². The van der Waals surface area contributed by atoms with Crippen LogP contribution in [0.25, 0.3) is 0 Å². The number of anilines is 1. The highest BCUT2D eigenvalue weighted by molar-refractivity contribution is 7.92. The number of carbonyl (C=O) groups excluding carboxylic acids is 2. The van der Waals surface area contributed by atoms with Gasteiger partial charge in [0.25, 0.3) is 10.0 Å². The normalized spacial score (nSPS) is 12.0. The van der Waals surface area contributed by atoms with Crippen molar-refractivity contribution >= 4 is 27.5 Å². The van der Waals surface area contributed by atoms with Gasteiger partial charge in [0.2, 0.25) is 11.8 Å². The highest BCUT2D eigenvalue weighted by Crippen LogP contribution is 2.34. The Labute approximate surface area is 255 Å². The first-order chi connectivity index (χ1) is 20.4. The average molecular weight is 610 g/mol. The number of benzene rings is 3. The average Bonchev–Trinajstić information content (AvgIpc) is 2.99. The molecule has 1 N–H and O–H groups in total. The van der Waals surface area contributed by atoms with Crippen molar-refractivity contribution in [1.82, 2.24) is 10.2 Å². The second-order valence-electron chi connectivity index (χ2n) is 10.9. The van der Waals surface area contributed by atoms with Gasteiger partial charge in [0.05, 0.1) is 24.8 Å². The summed E-state index contributed by atoms with van der Waals surface area (Å²) in [4.78, 5) is 29.1. The van der Waals surface area contributed by atoms with Crippen molar-refractivity contribution in [2.45, 2.75) is 58.5 Å². The van der Waals surface area contributed by atoms with Crippen molar-refractivity contribution in [3.8, 4) is 11.5 Å². The van der Waals surface area contributed by atoms with Crippen LogP contribution in [0.4, 0.5) is 5.69 Å². The van der Waals surface area contributed by atoms with E-state index in [1.165, 1.54) is 37.3 Å². The molecule has 0 aliphatic heterocycles. The minimum atomic E-state index is -4.21. The summed E-state index contributed by atoms with van der Waals surface area (Å²) in [5.74, 6) is 0.155. The maximum absolute atomic E-state index is 14.2. The quantitative estimate of drug-likeness (QED) is 0.273. The summed E-state index contributed by atoms with van der Waals surface area (Å²) in [5, 5.41) is 2.94. The highest BCUT2D eigenvalue weighted by Gasteiger charge is 2.34. The van der Waals surface area contributed by atoms with E-state index in [-0.39, 0.29) is 29.0 Å². The second-order valence-corrected chi connectivity index (χ2v) is 12.8. The summed E-state index contributed by atoms with van der Waals surface area (Å²) < 4.78 is 40.1. The van der Waals surface area contributed by atoms with E-state index < -0.39 is 28.5 Å². The van der Waals surface area contributed by atoms with Gasteiger partial charge in [-0.05, 0) is 56.0 Å². The van der Waals surface area contributed by atoms with Gasteiger partial charge in [-0.2, -0.15) is 0 Å². The summed E-state index contributed by atoms with van der Waals surface area (Å²) in [6.07, 6.45) is 0.350. The fourth-order valence-electron chi connectivity index (χ4n) is 4.58. The molecule has 0 fully saturated rings. The molecule has 3 rings (SSSR count). The zero-order valence-electron chi connectivity index (χ0n) is 26.1. The van der Waals surface area contributed by atoms with Crippen molar-refractivity contribution in [3.63, 3.8) is 0 Å². The van der Waals surface area contributed by atoms with E-state index in [2.05, 4.69) is 5.32 Å². The third-order valence-corrected chi connectivity index (χ3v) is 8.88. The first-order valence-corrected chi connectivity index (χ1v) is 15.8. The van der Waals surface area contributed by atoms with Gasteiger partial charge in [0.1, 0.15) is 12.6 Å². The molecule has 0 aliphatic carbocycles.